The van der Waals surface area contributed by atoms with Gasteiger partial charge in [-0.15, -0.1) is 0 Å². The van der Waals surface area contributed by atoms with E-state index in [1.165, 1.54) is 10.9 Å². The third-order valence-corrected chi connectivity index (χ3v) is 3.59. The fourth-order valence-electron chi connectivity index (χ4n) is 2.41. The van der Waals surface area contributed by atoms with Crippen LogP contribution < -0.4 is 5.01 Å². The smallest absolute Gasteiger partial charge is 0.0841 e. The van der Waals surface area contributed by atoms with Crippen molar-refractivity contribution in [3.8, 4) is 0 Å². The van der Waals surface area contributed by atoms with Crippen LogP contribution in [0.15, 0.2) is 55.0 Å². The molecule has 0 unspecified atom stereocenters. The number of para-hydroxylation sites is 1. The molecule has 2 heterocycles. The van der Waals surface area contributed by atoms with E-state index in [0.29, 0.717) is 5.02 Å². The van der Waals surface area contributed by atoms with E-state index in [0.717, 1.165) is 18.7 Å². The Morgan fingerprint density at radius 2 is 2.05 bits per heavy atom. The summed E-state index contributed by atoms with van der Waals surface area (Å²) in [6.45, 7) is 3.05. The van der Waals surface area contributed by atoms with Crippen LogP contribution in [-0.4, -0.2) is 16.2 Å². The molecule has 0 fully saturated rings. The Balaban J connectivity index is 2.14. The number of halogens is 1. The number of anilines is 1. The van der Waals surface area contributed by atoms with Crippen LogP contribution in [0.1, 0.15) is 13.3 Å². The molecule has 0 N–H and O–H groups in total. The first-order valence-electron chi connectivity index (χ1n) is 6.74. The molecule has 1 aromatic carbocycles. The minimum Gasteiger partial charge on any atom is -0.280 e. The van der Waals surface area contributed by atoms with Crippen molar-refractivity contribution in [3.05, 3.63) is 60.0 Å². The Bertz CT molecular complexity index is 720. The molecule has 0 saturated heterocycles. The standard InChI is InChI=1S/C16H16ClN3/c1-2-10-19(16-7-9-18-12-14(16)17)20-11-8-13-5-3-4-6-15(13)20/h3-9,11-12H,2,10H2,1H3. The van der Waals surface area contributed by atoms with Crippen LogP contribution in [0.2, 0.25) is 5.02 Å². The van der Waals surface area contributed by atoms with Crippen LogP contribution in [0, 0.1) is 0 Å². The molecule has 0 radical (unpaired) electrons. The van der Waals surface area contributed by atoms with E-state index in [2.05, 4.69) is 58.1 Å². The van der Waals surface area contributed by atoms with Gasteiger partial charge in [0.1, 0.15) is 0 Å². The van der Waals surface area contributed by atoms with Gasteiger partial charge in [0.2, 0.25) is 0 Å². The number of rotatable bonds is 4. The average molecular weight is 286 g/mol. The van der Waals surface area contributed by atoms with Crippen LogP contribution in [-0.2, 0) is 0 Å². The van der Waals surface area contributed by atoms with Crippen molar-refractivity contribution in [2.24, 2.45) is 0 Å². The van der Waals surface area contributed by atoms with Crippen molar-refractivity contribution in [1.29, 1.82) is 0 Å². The lowest BCUT2D eigenvalue weighted by Gasteiger charge is -2.27. The number of benzene rings is 1. The third kappa shape index (κ3) is 2.25. The minimum atomic E-state index is 0.665. The van der Waals surface area contributed by atoms with Gasteiger partial charge in [-0.2, -0.15) is 0 Å². The van der Waals surface area contributed by atoms with Gasteiger partial charge in [0, 0.05) is 30.5 Å². The van der Waals surface area contributed by atoms with Crippen LogP contribution in [0.5, 0.6) is 0 Å². The lowest BCUT2D eigenvalue weighted by molar-refractivity contribution is 0.696. The highest BCUT2D eigenvalue weighted by molar-refractivity contribution is 6.33. The zero-order chi connectivity index (χ0) is 13.9. The summed E-state index contributed by atoms with van der Waals surface area (Å²) in [5, 5.41) is 4.07. The van der Waals surface area contributed by atoms with Crippen molar-refractivity contribution in [1.82, 2.24) is 9.66 Å². The Morgan fingerprint density at radius 3 is 2.85 bits per heavy atom. The summed E-state index contributed by atoms with van der Waals surface area (Å²) >= 11 is 6.31. The summed E-state index contributed by atoms with van der Waals surface area (Å²) < 4.78 is 2.15. The van der Waals surface area contributed by atoms with Crippen LogP contribution in [0.3, 0.4) is 0 Å². The quantitative estimate of drug-likeness (QED) is 0.710. The fourth-order valence-corrected chi connectivity index (χ4v) is 2.63. The maximum absolute atomic E-state index is 6.31. The van der Waals surface area contributed by atoms with Gasteiger partial charge in [-0.25, -0.2) is 0 Å². The third-order valence-electron chi connectivity index (χ3n) is 3.30. The van der Waals surface area contributed by atoms with E-state index in [1.54, 1.807) is 12.4 Å². The highest BCUT2D eigenvalue weighted by Gasteiger charge is 2.13. The zero-order valence-corrected chi connectivity index (χ0v) is 12.1. The first-order valence-corrected chi connectivity index (χ1v) is 7.12. The van der Waals surface area contributed by atoms with E-state index < -0.39 is 0 Å². The Hall–Kier alpha value is -2.00. The number of fused-ring (bicyclic) bond motifs is 1. The molecule has 0 saturated carbocycles. The summed E-state index contributed by atoms with van der Waals surface area (Å²) in [5.74, 6) is 0. The van der Waals surface area contributed by atoms with Gasteiger partial charge in [-0.3, -0.25) is 14.7 Å². The van der Waals surface area contributed by atoms with E-state index in [9.17, 15) is 0 Å². The molecular formula is C16H16ClN3. The molecule has 0 atom stereocenters. The molecule has 2 aromatic heterocycles. The summed E-state index contributed by atoms with van der Waals surface area (Å²) in [5.41, 5.74) is 2.15. The monoisotopic (exact) mass is 285 g/mol. The summed E-state index contributed by atoms with van der Waals surface area (Å²) in [7, 11) is 0. The summed E-state index contributed by atoms with van der Waals surface area (Å²) in [4.78, 5) is 4.06. The largest absolute Gasteiger partial charge is 0.280 e. The Morgan fingerprint density at radius 1 is 1.20 bits per heavy atom. The van der Waals surface area contributed by atoms with Crippen LogP contribution in [0.4, 0.5) is 5.69 Å². The van der Waals surface area contributed by atoms with Gasteiger partial charge in [-0.1, -0.05) is 36.7 Å². The average Bonchev–Trinajstić information content (AvgIpc) is 2.90. The van der Waals surface area contributed by atoms with Crippen molar-refractivity contribution >= 4 is 28.2 Å². The summed E-state index contributed by atoms with van der Waals surface area (Å²) in [6, 6.07) is 12.4. The molecular weight excluding hydrogens is 270 g/mol. The highest BCUT2D eigenvalue weighted by Crippen LogP contribution is 2.27. The van der Waals surface area contributed by atoms with E-state index >= 15 is 0 Å². The van der Waals surface area contributed by atoms with Crippen molar-refractivity contribution in [3.63, 3.8) is 0 Å². The van der Waals surface area contributed by atoms with Crippen LogP contribution in [0.25, 0.3) is 10.9 Å². The van der Waals surface area contributed by atoms with Crippen molar-refractivity contribution < 1.29 is 0 Å². The first kappa shape index (κ1) is 13.0. The second-order valence-corrected chi connectivity index (χ2v) is 5.08. The van der Waals surface area contributed by atoms with Crippen LogP contribution >= 0.6 is 11.6 Å². The number of nitrogens with zero attached hydrogens (tertiary/aromatic N) is 3. The maximum atomic E-state index is 6.31. The highest BCUT2D eigenvalue weighted by atomic mass is 35.5. The summed E-state index contributed by atoms with van der Waals surface area (Å²) in [6.07, 6.45) is 6.57. The van der Waals surface area contributed by atoms with E-state index in [1.807, 2.05) is 6.07 Å². The van der Waals surface area contributed by atoms with Gasteiger partial charge >= 0.3 is 0 Å². The number of hydrogen-bond donors (Lipinski definition) is 0. The molecule has 3 rings (SSSR count). The molecule has 0 aliphatic rings. The number of aromatic nitrogens is 2. The lowest BCUT2D eigenvalue weighted by Crippen LogP contribution is -2.29. The SMILES string of the molecule is CCCN(c1ccncc1Cl)n1ccc2ccccc21. The van der Waals surface area contributed by atoms with E-state index in [-0.39, 0.29) is 0 Å². The Kier molecular flexibility index (Phi) is 3.61. The lowest BCUT2D eigenvalue weighted by atomic mass is 10.2. The molecule has 0 spiro atoms. The molecule has 0 aliphatic carbocycles. The molecule has 0 aliphatic heterocycles. The molecule has 3 nitrogen and oxygen atoms in total. The zero-order valence-electron chi connectivity index (χ0n) is 11.3. The topological polar surface area (TPSA) is 21.1 Å². The predicted molar refractivity (Wildman–Crippen MR) is 84.2 cm³/mol. The molecule has 102 valence electrons. The normalized spacial score (nSPS) is 10.9. The van der Waals surface area contributed by atoms with Gasteiger partial charge in [0.15, 0.2) is 0 Å². The molecule has 0 amide bonds. The van der Waals surface area contributed by atoms with Gasteiger partial charge < -0.3 is 0 Å². The first-order chi connectivity index (χ1) is 9.81. The second-order valence-electron chi connectivity index (χ2n) is 4.67. The number of pyridine rings is 1. The van der Waals surface area contributed by atoms with Crippen molar-refractivity contribution in [2.75, 3.05) is 11.6 Å². The predicted octanol–water partition coefficient (Wildman–Crippen LogP) is 4.37. The second kappa shape index (κ2) is 5.55. The molecule has 0 bridgehead atoms. The Labute approximate surface area is 123 Å². The molecule has 3 aromatic rings. The van der Waals surface area contributed by atoms with Crippen molar-refractivity contribution in [2.45, 2.75) is 13.3 Å². The van der Waals surface area contributed by atoms with Gasteiger partial charge in [0.25, 0.3) is 0 Å². The number of hydrogen-bond acceptors (Lipinski definition) is 2. The minimum absolute atomic E-state index is 0.665. The molecule has 4 heteroatoms. The van der Waals surface area contributed by atoms with E-state index in [4.69, 9.17) is 11.6 Å². The fraction of sp³-hybridized carbons (Fsp3) is 0.188. The van der Waals surface area contributed by atoms with Gasteiger partial charge in [0.05, 0.1) is 16.2 Å². The maximum Gasteiger partial charge on any atom is 0.0841 e. The molecule has 20 heavy (non-hydrogen) atoms. The van der Waals surface area contributed by atoms with Gasteiger partial charge in [-0.05, 0) is 24.6 Å².